The van der Waals surface area contributed by atoms with Crippen LogP contribution in [0.4, 0.5) is 0 Å². The van der Waals surface area contributed by atoms with Gasteiger partial charge in [-0.2, -0.15) is 0 Å². The van der Waals surface area contributed by atoms with Gasteiger partial charge in [-0.1, -0.05) is 12.1 Å². The molecule has 0 saturated carbocycles. The van der Waals surface area contributed by atoms with E-state index in [1.54, 1.807) is 0 Å². The summed E-state index contributed by atoms with van der Waals surface area (Å²) in [6.45, 7) is 0. The van der Waals surface area contributed by atoms with Gasteiger partial charge >= 0.3 is 15.4 Å². The fourth-order valence-corrected chi connectivity index (χ4v) is 0.933. The highest BCUT2D eigenvalue weighted by atomic mass is 16.6. The van der Waals surface area contributed by atoms with Crippen LogP contribution in [0, 0.1) is 0 Å². The van der Waals surface area contributed by atoms with E-state index >= 15 is 0 Å². The molecule has 0 unspecified atom stereocenters. The average molecular weight is 148 g/mol. The molecule has 5 heteroatoms. The van der Waals surface area contributed by atoms with Gasteiger partial charge in [0, 0.05) is 0 Å². The summed E-state index contributed by atoms with van der Waals surface area (Å²) in [6, 6.07) is 7.50. The highest BCUT2D eigenvalue weighted by molar-refractivity contribution is 6.36. The first-order valence-corrected chi connectivity index (χ1v) is 3.39. The normalized spacial score (nSPS) is 14.2. The van der Waals surface area contributed by atoms with Gasteiger partial charge < -0.3 is 13.9 Å². The molecule has 0 radical (unpaired) electrons. The lowest BCUT2D eigenvalue weighted by molar-refractivity contribution is 0.458. The monoisotopic (exact) mass is 148 g/mol. The minimum atomic E-state index is 0.261. The lowest BCUT2D eigenvalue weighted by Gasteiger charge is -2.04. The highest BCUT2D eigenvalue weighted by Gasteiger charge is 2.10. The molecule has 11 heavy (non-hydrogen) atoms. The van der Waals surface area contributed by atoms with Crippen LogP contribution in [0.1, 0.15) is 0 Å². The molecule has 54 valence electrons. The Morgan fingerprint density at radius 3 is 2.00 bits per heavy atom. The largest absolute Gasteiger partial charge is 0.537 e. The summed E-state index contributed by atoms with van der Waals surface area (Å²) in [4.78, 5) is 0. The Bertz CT molecular complexity index is 228. The standard InChI is InChI=1S/C6H6B2O3/c1-2-4-6-5(3-1)9-7-11-8-10-6/h1-4,7-8H. The van der Waals surface area contributed by atoms with Crippen LogP contribution < -0.4 is 9.31 Å². The zero-order valence-electron chi connectivity index (χ0n) is 5.95. The molecule has 1 aromatic rings. The maximum absolute atomic E-state index is 5.20. The quantitative estimate of drug-likeness (QED) is 0.484. The van der Waals surface area contributed by atoms with Crippen molar-refractivity contribution in [3.63, 3.8) is 0 Å². The van der Waals surface area contributed by atoms with E-state index in [2.05, 4.69) is 0 Å². The summed E-state index contributed by atoms with van der Waals surface area (Å²) in [7, 11) is 0.522. The molecule has 2 rings (SSSR count). The highest BCUT2D eigenvalue weighted by Crippen LogP contribution is 2.26. The number of hydrogen-bond acceptors (Lipinski definition) is 3. The van der Waals surface area contributed by atoms with Crippen molar-refractivity contribution in [1.82, 2.24) is 0 Å². The number of hydrogen-bond donors (Lipinski definition) is 0. The number of rotatable bonds is 0. The molecule has 0 aliphatic carbocycles. The van der Waals surface area contributed by atoms with Crippen LogP contribution in [0.2, 0.25) is 0 Å². The molecule has 0 fully saturated rings. The van der Waals surface area contributed by atoms with Crippen molar-refractivity contribution >= 4 is 15.4 Å². The van der Waals surface area contributed by atoms with E-state index in [9.17, 15) is 0 Å². The molecule has 0 saturated heterocycles. The van der Waals surface area contributed by atoms with Gasteiger partial charge in [0.1, 0.15) is 11.5 Å². The van der Waals surface area contributed by atoms with Crippen molar-refractivity contribution in [2.24, 2.45) is 0 Å². The van der Waals surface area contributed by atoms with E-state index in [0.717, 1.165) is 11.5 Å². The summed E-state index contributed by atoms with van der Waals surface area (Å²) in [5.74, 6) is 1.48. The second kappa shape index (κ2) is 2.88. The van der Waals surface area contributed by atoms with E-state index in [1.807, 2.05) is 24.3 Å². The predicted octanol–water partition coefficient (Wildman–Crippen LogP) is 0.00740. The lowest BCUT2D eigenvalue weighted by atomic mass is 10.3. The van der Waals surface area contributed by atoms with E-state index < -0.39 is 0 Å². The minimum Gasteiger partial charge on any atom is -0.537 e. The Hall–Kier alpha value is -1.09. The van der Waals surface area contributed by atoms with Crippen molar-refractivity contribution in [1.29, 1.82) is 0 Å². The van der Waals surface area contributed by atoms with Crippen LogP contribution in [-0.2, 0) is 4.57 Å². The predicted molar refractivity (Wildman–Crippen MR) is 43.1 cm³/mol. The maximum atomic E-state index is 5.20. The second-order valence-corrected chi connectivity index (χ2v) is 2.18. The van der Waals surface area contributed by atoms with Crippen LogP contribution >= 0.6 is 0 Å². The van der Waals surface area contributed by atoms with Gasteiger partial charge in [-0.3, -0.25) is 0 Å². The van der Waals surface area contributed by atoms with Gasteiger partial charge in [-0.15, -0.1) is 0 Å². The van der Waals surface area contributed by atoms with Crippen molar-refractivity contribution in [3.8, 4) is 11.5 Å². The number of para-hydroxylation sites is 2. The van der Waals surface area contributed by atoms with E-state index in [0.29, 0.717) is 0 Å². The Balaban J connectivity index is 2.33. The van der Waals surface area contributed by atoms with Gasteiger partial charge in [0.05, 0.1) is 0 Å². The van der Waals surface area contributed by atoms with Gasteiger partial charge in [0.2, 0.25) is 0 Å². The smallest absolute Gasteiger partial charge is 0.493 e. The van der Waals surface area contributed by atoms with Crippen molar-refractivity contribution < 1.29 is 13.9 Å². The SMILES string of the molecule is B1OBOc2ccccc2O1. The van der Waals surface area contributed by atoms with Crippen LogP contribution in [0.3, 0.4) is 0 Å². The third-order valence-electron chi connectivity index (χ3n) is 1.44. The fourth-order valence-electron chi connectivity index (χ4n) is 0.933. The van der Waals surface area contributed by atoms with Gasteiger partial charge in [0.15, 0.2) is 0 Å². The molecule has 0 amide bonds. The molecule has 1 aliphatic heterocycles. The van der Waals surface area contributed by atoms with Crippen LogP contribution in [0.25, 0.3) is 0 Å². The Morgan fingerprint density at radius 1 is 0.909 bits per heavy atom. The Morgan fingerprint density at radius 2 is 1.45 bits per heavy atom. The Kier molecular flexibility index (Phi) is 1.73. The van der Waals surface area contributed by atoms with Crippen molar-refractivity contribution in [2.45, 2.75) is 0 Å². The molecule has 0 spiro atoms. The molecule has 1 aromatic carbocycles. The number of fused-ring (bicyclic) bond motifs is 1. The van der Waals surface area contributed by atoms with Gasteiger partial charge in [-0.25, -0.2) is 0 Å². The second-order valence-electron chi connectivity index (χ2n) is 2.18. The molecular weight excluding hydrogens is 142 g/mol. The molecule has 3 nitrogen and oxygen atoms in total. The maximum Gasteiger partial charge on any atom is 0.493 e. The summed E-state index contributed by atoms with van der Waals surface area (Å²) < 4.78 is 15.3. The molecule has 0 aromatic heterocycles. The number of benzene rings is 1. The third kappa shape index (κ3) is 1.33. The fraction of sp³-hybridized carbons (Fsp3) is 0. The van der Waals surface area contributed by atoms with E-state index in [-0.39, 0.29) is 15.4 Å². The Labute approximate surface area is 65.9 Å². The molecule has 1 aliphatic rings. The summed E-state index contributed by atoms with van der Waals surface area (Å²) in [5.41, 5.74) is 0. The van der Waals surface area contributed by atoms with Crippen LogP contribution in [0.5, 0.6) is 11.5 Å². The van der Waals surface area contributed by atoms with Crippen molar-refractivity contribution in [3.05, 3.63) is 24.3 Å². The van der Waals surface area contributed by atoms with E-state index in [4.69, 9.17) is 13.9 Å². The molecule has 0 atom stereocenters. The van der Waals surface area contributed by atoms with Crippen LogP contribution in [-0.4, -0.2) is 15.4 Å². The molecule has 0 N–H and O–H groups in total. The molecule has 0 bridgehead atoms. The minimum absolute atomic E-state index is 0.261. The zero-order valence-corrected chi connectivity index (χ0v) is 5.95. The summed E-state index contributed by atoms with van der Waals surface area (Å²) in [5, 5.41) is 0. The lowest BCUT2D eigenvalue weighted by Crippen LogP contribution is -2.10. The zero-order chi connectivity index (χ0) is 7.52. The average Bonchev–Trinajstić information content (AvgIpc) is 2.28. The first-order chi connectivity index (χ1) is 5.47. The third-order valence-corrected chi connectivity index (χ3v) is 1.44. The first kappa shape index (κ1) is 6.61. The van der Waals surface area contributed by atoms with Gasteiger partial charge in [-0.05, 0) is 12.1 Å². The first-order valence-electron chi connectivity index (χ1n) is 3.39. The topological polar surface area (TPSA) is 27.7 Å². The van der Waals surface area contributed by atoms with Gasteiger partial charge in [0.25, 0.3) is 0 Å². The summed E-state index contributed by atoms with van der Waals surface area (Å²) in [6.07, 6.45) is 0. The summed E-state index contributed by atoms with van der Waals surface area (Å²) >= 11 is 0. The molecule has 1 heterocycles. The van der Waals surface area contributed by atoms with E-state index in [1.165, 1.54) is 0 Å². The van der Waals surface area contributed by atoms with Crippen LogP contribution in [0.15, 0.2) is 24.3 Å². The molecular formula is C6H6B2O3. The van der Waals surface area contributed by atoms with Crippen molar-refractivity contribution in [2.75, 3.05) is 0 Å².